The number of carbonyl (C=O) groups is 2. The lowest BCUT2D eigenvalue weighted by molar-refractivity contribution is -0.139. The van der Waals surface area contributed by atoms with Crippen molar-refractivity contribution in [3.05, 3.63) is 38.9 Å². The molecule has 5 nitrogen and oxygen atoms in total. The fraction of sp³-hybridized carbons (Fsp3) is 0.474. The average molecular weight is 405 g/mol. The molecule has 2 aliphatic carbocycles. The lowest BCUT2D eigenvalue weighted by Crippen LogP contribution is -2.44. The van der Waals surface area contributed by atoms with Crippen LogP contribution >= 0.6 is 15.9 Å². The molecule has 2 amide bonds. The molecule has 6 heteroatoms. The van der Waals surface area contributed by atoms with Crippen molar-refractivity contribution in [1.82, 2.24) is 4.90 Å². The molecule has 4 rings (SSSR count). The van der Waals surface area contributed by atoms with Crippen LogP contribution in [0.15, 0.2) is 22.2 Å². The number of amides is 2. The van der Waals surface area contributed by atoms with Crippen molar-refractivity contribution in [2.75, 3.05) is 26.3 Å². The summed E-state index contributed by atoms with van der Waals surface area (Å²) in [6.07, 6.45) is 3.35. The van der Waals surface area contributed by atoms with Gasteiger partial charge in [0.2, 0.25) is 11.8 Å². The first kappa shape index (κ1) is 16.8. The molecule has 1 saturated heterocycles. The predicted molar refractivity (Wildman–Crippen MR) is 98.0 cm³/mol. The van der Waals surface area contributed by atoms with Gasteiger partial charge in [-0.1, -0.05) is 21.5 Å². The van der Waals surface area contributed by atoms with Crippen molar-refractivity contribution < 1.29 is 14.3 Å². The van der Waals surface area contributed by atoms with Crippen LogP contribution in [-0.4, -0.2) is 43.0 Å². The van der Waals surface area contributed by atoms with Crippen LogP contribution in [0.2, 0.25) is 0 Å². The van der Waals surface area contributed by atoms with E-state index in [0.717, 1.165) is 41.3 Å². The van der Waals surface area contributed by atoms with E-state index in [0.29, 0.717) is 31.9 Å². The zero-order chi connectivity index (χ0) is 17.6. The maximum atomic E-state index is 12.9. The topological polar surface area (TPSA) is 72.6 Å². The predicted octanol–water partition coefficient (Wildman–Crippen LogP) is 2.52. The number of benzene rings is 1. The molecule has 132 valence electrons. The average Bonchev–Trinajstić information content (AvgIpc) is 2.98. The zero-order valence-electron chi connectivity index (χ0n) is 14.0. The summed E-state index contributed by atoms with van der Waals surface area (Å²) >= 11 is 3.49. The highest BCUT2D eigenvalue weighted by Crippen LogP contribution is 2.45. The molecule has 3 aliphatic rings. The molecule has 1 unspecified atom stereocenters. The first-order chi connectivity index (χ1) is 12.0. The fourth-order valence-electron chi connectivity index (χ4n) is 4.27. The molecular weight excluding hydrogens is 384 g/mol. The van der Waals surface area contributed by atoms with E-state index >= 15 is 0 Å². The third-order valence-corrected chi connectivity index (χ3v) is 6.00. The van der Waals surface area contributed by atoms with Crippen LogP contribution in [0.1, 0.15) is 40.7 Å². The van der Waals surface area contributed by atoms with E-state index in [9.17, 15) is 9.59 Å². The van der Waals surface area contributed by atoms with Gasteiger partial charge >= 0.3 is 0 Å². The highest BCUT2D eigenvalue weighted by Gasteiger charge is 2.35. The summed E-state index contributed by atoms with van der Waals surface area (Å²) in [7, 11) is 0. The SMILES string of the molecule is NC(=O)c1cc(Br)cc2c1CC1=C2CC(C(=O)N2CCOCC2)CC1. The minimum atomic E-state index is -0.390. The monoisotopic (exact) mass is 404 g/mol. The minimum Gasteiger partial charge on any atom is -0.378 e. The summed E-state index contributed by atoms with van der Waals surface area (Å²) in [5.41, 5.74) is 10.9. The van der Waals surface area contributed by atoms with E-state index in [-0.39, 0.29) is 11.8 Å². The summed E-state index contributed by atoms with van der Waals surface area (Å²) in [6.45, 7) is 2.64. The van der Waals surface area contributed by atoms with Crippen LogP contribution in [0.25, 0.3) is 5.57 Å². The number of hydrogen-bond acceptors (Lipinski definition) is 3. The second kappa shape index (κ2) is 6.57. The summed E-state index contributed by atoms with van der Waals surface area (Å²) in [6, 6.07) is 3.86. The molecule has 1 aliphatic heterocycles. The molecule has 1 heterocycles. The highest BCUT2D eigenvalue weighted by atomic mass is 79.9. The van der Waals surface area contributed by atoms with Crippen molar-refractivity contribution in [2.24, 2.45) is 11.7 Å². The molecule has 0 saturated carbocycles. The molecule has 1 fully saturated rings. The maximum absolute atomic E-state index is 12.9. The van der Waals surface area contributed by atoms with Crippen LogP contribution in [0, 0.1) is 5.92 Å². The van der Waals surface area contributed by atoms with Crippen molar-refractivity contribution in [3.63, 3.8) is 0 Å². The Balaban J connectivity index is 1.60. The Bertz CT molecular complexity index is 781. The van der Waals surface area contributed by atoms with Gasteiger partial charge in [-0.25, -0.2) is 0 Å². The number of ether oxygens (including phenoxy) is 1. The molecule has 25 heavy (non-hydrogen) atoms. The maximum Gasteiger partial charge on any atom is 0.249 e. The Hall–Kier alpha value is -1.66. The van der Waals surface area contributed by atoms with Crippen molar-refractivity contribution in [2.45, 2.75) is 25.7 Å². The first-order valence-electron chi connectivity index (χ1n) is 8.74. The van der Waals surface area contributed by atoms with Gasteiger partial charge in [0.25, 0.3) is 0 Å². The molecular formula is C19H21BrN2O3. The molecule has 0 radical (unpaired) electrons. The van der Waals surface area contributed by atoms with Gasteiger partial charge in [0.1, 0.15) is 0 Å². The molecule has 1 aromatic rings. The first-order valence-corrected chi connectivity index (χ1v) is 9.54. The number of allylic oxidation sites excluding steroid dienone is 2. The van der Waals surface area contributed by atoms with Crippen molar-refractivity contribution in [3.8, 4) is 0 Å². The smallest absolute Gasteiger partial charge is 0.249 e. The number of carbonyl (C=O) groups excluding carboxylic acids is 2. The summed E-state index contributed by atoms with van der Waals surface area (Å²) < 4.78 is 6.21. The van der Waals surface area contributed by atoms with Crippen LogP contribution in [-0.2, 0) is 16.0 Å². The van der Waals surface area contributed by atoms with Gasteiger partial charge in [-0.2, -0.15) is 0 Å². The van der Waals surface area contributed by atoms with Gasteiger partial charge in [-0.15, -0.1) is 0 Å². The molecule has 0 bridgehead atoms. The van der Waals surface area contributed by atoms with Crippen LogP contribution < -0.4 is 5.73 Å². The van der Waals surface area contributed by atoms with E-state index in [1.807, 2.05) is 4.90 Å². The number of morpholine rings is 1. The Kier molecular flexibility index (Phi) is 4.41. The molecule has 0 aromatic heterocycles. The van der Waals surface area contributed by atoms with E-state index in [2.05, 4.69) is 22.0 Å². The standard InChI is InChI=1S/C19H21BrN2O3/c20-13-9-16-14-8-12(19(24)22-3-5-25-6-4-22)2-1-11(14)7-15(16)17(10-13)18(21)23/h9-10,12H,1-8H2,(H2,21,23). The number of halogens is 1. The summed E-state index contributed by atoms with van der Waals surface area (Å²) in [5.74, 6) is -0.120. The van der Waals surface area contributed by atoms with Crippen LogP contribution in [0.4, 0.5) is 0 Å². The van der Waals surface area contributed by atoms with E-state index in [4.69, 9.17) is 10.5 Å². The Morgan fingerprint density at radius 2 is 2.00 bits per heavy atom. The highest BCUT2D eigenvalue weighted by molar-refractivity contribution is 9.10. The van der Waals surface area contributed by atoms with Gasteiger partial charge in [-0.3, -0.25) is 9.59 Å². The molecule has 1 atom stereocenters. The summed E-state index contributed by atoms with van der Waals surface area (Å²) in [4.78, 5) is 26.6. The van der Waals surface area contributed by atoms with E-state index in [1.54, 1.807) is 6.07 Å². The van der Waals surface area contributed by atoms with Gasteiger partial charge in [0.05, 0.1) is 13.2 Å². The summed E-state index contributed by atoms with van der Waals surface area (Å²) in [5, 5.41) is 0. The molecule has 1 aromatic carbocycles. The zero-order valence-corrected chi connectivity index (χ0v) is 15.6. The minimum absolute atomic E-state index is 0.0267. The second-order valence-electron chi connectivity index (χ2n) is 6.98. The van der Waals surface area contributed by atoms with Crippen LogP contribution in [0.3, 0.4) is 0 Å². The number of primary amides is 1. The Morgan fingerprint density at radius 3 is 2.72 bits per heavy atom. The normalized spacial score (nSPS) is 22.6. The molecule has 2 N–H and O–H groups in total. The van der Waals surface area contributed by atoms with Gasteiger partial charge in [0, 0.05) is 29.0 Å². The molecule has 0 spiro atoms. The lowest BCUT2D eigenvalue weighted by Gasteiger charge is -2.32. The van der Waals surface area contributed by atoms with E-state index < -0.39 is 5.91 Å². The Morgan fingerprint density at radius 1 is 1.24 bits per heavy atom. The number of hydrogen-bond donors (Lipinski definition) is 1. The second-order valence-corrected chi connectivity index (χ2v) is 7.90. The quantitative estimate of drug-likeness (QED) is 0.822. The van der Waals surface area contributed by atoms with Crippen LogP contribution in [0.5, 0.6) is 0 Å². The lowest BCUT2D eigenvalue weighted by atomic mass is 9.83. The number of nitrogens with two attached hydrogens (primary N) is 1. The number of fused-ring (bicyclic) bond motifs is 2. The van der Waals surface area contributed by atoms with Crippen molar-refractivity contribution in [1.29, 1.82) is 0 Å². The fourth-order valence-corrected chi connectivity index (χ4v) is 4.73. The number of rotatable bonds is 2. The third kappa shape index (κ3) is 3.02. The number of nitrogens with zero attached hydrogens (tertiary/aromatic N) is 1. The Labute approximate surface area is 155 Å². The largest absolute Gasteiger partial charge is 0.378 e. The third-order valence-electron chi connectivity index (χ3n) is 5.54. The van der Waals surface area contributed by atoms with Gasteiger partial charge < -0.3 is 15.4 Å². The van der Waals surface area contributed by atoms with Gasteiger partial charge in [-0.05, 0) is 54.5 Å². The van der Waals surface area contributed by atoms with Crippen molar-refractivity contribution >= 4 is 33.3 Å². The van der Waals surface area contributed by atoms with Gasteiger partial charge in [0.15, 0.2) is 0 Å². The van der Waals surface area contributed by atoms with E-state index in [1.165, 1.54) is 11.1 Å².